The van der Waals surface area contributed by atoms with Crippen LogP contribution in [0.15, 0.2) is 69.9 Å². The van der Waals surface area contributed by atoms with Crippen LogP contribution in [-0.2, 0) is 15.1 Å². The molecule has 4 bridgehead atoms. The van der Waals surface area contributed by atoms with Gasteiger partial charge in [0, 0.05) is 11.8 Å². The summed E-state index contributed by atoms with van der Waals surface area (Å²) < 4.78 is 6.73. The van der Waals surface area contributed by atoms with Gasteiger partial charge in [-0.3, -0.25) is 4.79 Å². The molecule has 3 unspecified atom stereocenters. The first-order valence-corrected chi connectivity index (χ1v) is 11.3. The zero-order valence-electron chi connectivity index (χ0n) is 16.8. The third kappa shape index (κ3) is 2.63. The smallest absolute Gasteiger partial charge is 0.257 e. The van der Waals surface area contributed by atoms with E-state index in [1.54, 1.807) is 12.3 Å². The van der Waals surface area contributed by atoms with E-state index in [0.717, 1.165) is 24.8 Å². The first-order valence-electron chi connectivity index (χ1n) is 10.9. The molecule has 5 aliphatic carbocycles. The largest absolute Gasteiger partial charge is 0.486 e. The van der Waals surface area contributed by atoms with Gasteiger partial charge in [-0.25, -0.2) is 4.99 Å². The van der Waals surface area contributed by atoms with Crippen LogP contribution in [0, 0.1) is 23.7 Å². The third-order valence-corrected chi connectivity index (χ3v) is 8.34. The van der Waals surface area contributed by atoms with Crippen molar-refractivity contribution in [2.45, 2.75) is 43.2 Å². The summed E-state index contributed by atoms with van der Waals surface area (Å²) in [6.45, 7) is 0. The van der Waals surface area contributed by atoms with Crippen molar-refractivity contribution in [3.63, 3.8) is 0 Å². The van der Waals surface area contributed by atoms with E-state index >= 15 is 0 Å². The molecule has 5 heteroatoms. The van der Waals surface area contributed by atoms with Crippen molar-refractivity contribution in [3.05, 3.63) is 70.5 Å². The first-order chi connectivity index (χ1) is 14.5. The molecule has 0 saturated heterocycles. The van der Waals surface area contributed by atoms with Crippen LogP contribution < -0.4 is 5.73 Å². The van der Waals surface area contributed by atoms with E-state index < -0.39 is 0 Å². The monoisotopic (exact) mass is 420 g/mol. The summed E-state index contributed by atoms with van der Waals surface area (Å²) >= 11 is 6.57. The minimum Gasteiger partial charge on any atom is -0.486 e. The molecule has 0 aromatic heterocycles. The maximum Gasteiger partial charge on any atom is 0.257 e. The molecule has 30 heavy (non-hydrogen) atoms. The lowest BCUT2D eigenvalue weighted by molar-refractivity contribution is -0.172. The van der Waals surface area contributed by atoms with Gasteiger partial charge in [-0.2, -0.15) is 0 Å². The molecule has 1 heterocycles. The normalized spacial score (nSPS) is 41.1. The Labute approximate surface area is 181 Å². The van der Waals surface area contributed by atoms with Crippen LogP contribution in [0.4, 0.5) is 0 Å². The van der Waals surface area contributed by atoms with Gasteiger partial charge in [0.1, 0.15) is 11.4 Å². The number of nitrogens with zero attached hydrogens (tertiary/aromatic N) is 1. The molecule has 2 N–H and O–H groups in total. The summed E-state index contributed by atoms with van der Waals surface area (Å²) in [6.07, 6.45) is 12.5. The maximum atomic E-state index is 12.1. The van der Waals surface area contributed by atoms with Crippen molar-refractivity contribution in [1.82, 2.24) is 0 Å². The highest BCUT2D eigenvalue weighted by Gasteiger charge is 2.62. The molecule has 1 amide bonds. The Hall–Kier alpha value is -2.17. The van der Waals surface area contributed by atoms with Crippen LogP contribution in [0.2, 0.25) is 0 Å². The van der Waals surface area contributed by atoms with E-state index in [4.69, 9.17) is 22.1 Å². The molecule has 7 rings (SSSR count). The Balaban J connectivity index is 1.31. The van der Waals surface area contributed by atoms with E-state index in [1.807, 2.05) is 12.2 Å². The summed E-state index contributed by atoms with van der Waals surface area (Å²) in [5.41, 5.74) is 8.84. The number of hydrogen-bond donors (Lipinski definition) is 1. The average Bonchev–Trinajstić information content (AvgIpc) is 2.73. The SMILES string of the molecule is NC1(c2ccccc2)C2CC3CC1CC(OC1=CC4=CC=NC(=O)C4C=C1Cl)(C3)C2. The van der Waals surface area contributed by atoms with Gasteiger partial charge in [-0.1, -0.05) is 41.9 Å². The molecule has 0 radical (unpaired) electrons. The Morgan fingerprint density at radius 1 is 1.10 bits per heavy atom. The van der Waals surface area contributed by atoms with Gasteiger partial charge in [0.2, 0.25) is 0 Å². The first kappa shape index (κ1) is 18.6. The predicted molar refractivity (Wildman–Crippen MR) is 117 cm³/mol. The summed E-state index contributed by atoms with van der Waals surface area (Å²) in [5, 5.41) is 0.514. The molecular formula is C25H25ClN2O2. The highest BCUT2D eigenvalue weighted by Crippen LogP contribution is 2.63. The molecule has 4 fully saturated rings. The predicted octanol–water partition coefficient (Wildman–Crippen LogP) is 4.61. The van der Waals surface area contributed by atoms with E-state index in [0.29, 0.717) is 28.5 Å². The lowest BCUT2D eigenvalue weighted by atomic mass is 9.46. The van der Waals surface area contributed by atoms with Crippen molar-refractivity contribution in [1.29, 1.82) is 0 Å². The highest BCUT2D eigenvalue weighted by molar-refractivity contribution is 6.32. The molecule has 6 aliphatic rings. The number of fused-ring (bicyclic) bond motifs is 1. The number of hydrogen-bond acceptors (Lipinski definition) is 3. The average molecular weight is 421 g/mol. The summed E-state index contributed by atoms with van der Waals surface area (Å²) in [4.78, 5) is 15.9. The quantitative estimate of drug-likeness (QED) is 0.776. The van der Waals surface area contributed by atoms with Crippen molar-refractivity contribution >= 4 is 23.7 Å². The number of rotatable bonds is 3. The van der Waals surface area contributed by atoms with Crippen molar-refractivity contribution in [2.24, 2.45) is 34.4 Å². The van der Waals surface area contributed by atoms with E-state index in [1.165, 1.54) is 18.4 Å². The Morgan fingerprint density at radius 2 is 1.83 bits per heavy atom. The summed E-state index contributed by atoms with van der Waals surface area (Å²) in [7, 11) is 0. The fourth-order valence-electron chi connectivity index (χ4n) is 6.88. The number of carbonyl (C=O) groups is 1. The molecule has 154 valence electrons. The van der Waals surface area contributed by atoms with Crippen LogP contribution in [-0.4, -0.2) is 17.7 Å². The fourth-order valence-corrected chi connectivity index (χ4v) is 7.10. The number of nitrogens with two attached hydrogens (primary N) is 1. The maximum absolute atomic E-state index is 12.1. The molecule has 1 aromatic carbocycles. The van der Waals surface area contributed by atoms with E-state index in [9.17, 15) is 4.79 Å². The Kier molecular flexibility index (Phi) is 3.97. The second-order valence-corrected chi connectivity index (χ2v) is 10.1. The van der Waals surface area contributed by atoms with Crippen molar-refractivity contribution < 1.29 is 9.53 Å². The van der Waals surface area contributed by atoms with Crippen molar-refractivity contribution in [2.75, 3.05) is 0 Å². The van der Waals surface area contributed by atoms with Crippen LogP contribution in [0.25, 0.3) is 0 Å². The number of halogens is 1. The Morgan fingerprint density at radius 3 is 2.57 bits per heavy atom. The molecule has 3 atom stereocenters. The van der Waals surface area contributed by atoms with Gasteiger partial charge < -0.3 is 10.5 Å². The lowest BCUT2D eigenvalue weighted by Crippen LogP contribution is -2.66. The number of amides is 1. The number of allylic oxidation sites excluding steroid dienone is 3. The second-order valence-electron chi connectivity index (χ2n) is 9.71. The topological polar surface area (TPSA) is 64.7 Å². The third-order valence-electron chi connectivity index (χ3n) is 8.02. The zero-order valence-corrected chi connectivity index (χ0v) is 17.5. The molecule has 1 aliphatic heterocycles. The highest BCUT2D eigenvalue weighted by atomic mass is 35.5. The minimum absolute atomic E-state index is 0.175. The van der Waals surface area contributed by atoms with Gasteiger partial charge in [-0.05, 0) is 79.2 Å². The van der Waals surface area contributed by atoms with Gasteiger partial charge in [0.25, 0.3) is 5.91 Å². The van der Waals surface area contributed by atoms with Crippen LogP contribution in [0.1, 0.15) is 37.7 Å². The standard InChI is InChI=1S/C25H25ClN2O2/c26-21-11-20-16(6-7-28-23(20)29)10-22(21)30-24-12-15-8-18(13-24)25(27,19(9-15)14-24)17-4-2-1-3-5-17/h1-7,10-11,15,18-20H,8-9,12-14,27H2. The van der Waals surface area contributed by atoms with Gasteiger partial charge in [0.05, 0.1) is 11.0 Å². The molecule has 1 aromatic rings. The molecule has 4 saturated carbocycles. The summed E-state index contributed by atoms with van der Waals surface area (Å²) in [6, 6.07) is 10.6. The number of dihydropyridines is 1. The van der Waals surface area contributed by atoms with Crippen molar-refractivity contribution in [3.8, 4) is 0 Å². The van der Waals surface area contributed by atoms with Gasteiger partial charge in [0.15, 0.2) is 0 Å². The minimum atomic E-state index is -0.388. The van der Waals surface area contributed by atoms with Crippen LogP contribution in [0.5, 0.6) is 0 Å². The zero-order chi connectivity index (χ0) is 20.5. The number of ether oxygens (including phenoxy) is 1. The number of aliphatic imine (C=N–C) groups is 1. The fraction of sp³-hybridized carbons (Fsp3) is 0.440. The van der Waals surface area contributed by atoms with Crippen LogP contribution in [0.3, 0.4) is 0 Å². The molecular weight excluding hydrogens is 396 g/mol. The van der Waals surface area contributed by atoms with Gasteiger partial charge >= 0.3 is 0 Å². The summed E-state index contributed by atoms with van der Waals surface area (Å²) in [5.74, 6) is 1.60. The van der Waals surface area contributed by atoms with Crippen LogP contribution >= 0.6 is 11.6 Å². The molecule has 4 nitrogen and oxygen atoms in total. The van der Waals surface area contributed by atoms with E-state index in [-0.39, 0.29) is 23.0 Å². The molecule has 0 spiro atoms. The Bertz CT molecular complexity index is 1020. The lowest BCUT2D eigenvalue weighted by Gasteiger charge is -2.64. The number of benzene rings is 1. The second kappa shape index (κ2) is 6.41. The van der Waals surface area contributed by atoms with E-state index in [2.05, 4.69) is 35.3 Å². The number of carbonyl (C=O) groups excluding carboxylic acids is 1. The van der Waals surface area contributed by atoms with Gasteiger partial charge in [-0.15, -0.1) is 0 Å².